The summed E-state index contributed by atoms with van der Waals surface area (Å²) in [7, 11) is -3.65. The van der Waals surface area contributed by atoms with Gasteiger partial charge in [0.25, 0.3) is 0 Å². The fourth-order valence-electron chi connectivity index (χ4n) is 7.45. The van der Waals surface area contributed by atoms with Crippen molar-refractivity contribution >= 4 is 37.1 Å². The Morgan fingerprint density at radius 1 is 1.06 bits per heavy atom. The van der Waals surface area contributed by atoms with Crippen LogP contribution in [0.1, 0.15) is 80.0 Å². The predicted octanol–water partition coefficient (Wildman–Crippen LogP) is 7.10. The van der Waals surface area contributed by atoms with Crippen molar-refractivity contribution < 1.29 is 17.6 Å². The summed E-state index contributed by atoms with van der Waals surface area (Å²) >= 11 is 1.55. The fraction of sp³-hybridized carbons (Fsp3) is 0.457. The highest BCUT2D eigenvalue weighted by molar-refractivity contribution is 7.92. The average molecular weight is 671 g/mol. The van der Waals surface area contributed by atoms with Crippen molar-refractivity contribution in [3.05, 3.63) is 65.2 Å². The van der Waals surface area contributed by atoms with E-state index in [1.165, 1.54) is 5.56 Å². The number of aryl methyl sites for hydroxylation is 3. The summed E-state index contributed by atoms with van der Waals surface area (Å²) < 4.78 is 41.0. The molecule has 2 aliphatic heterocycles. The minimum absolute atomic E-state index is 0.0418. The van der Waals surface area contributed by atoms with E-state index in [-0.39, 0.29) is 23.6 Å². The van der Waals surface area contributed by atoms with Crippen LogP contribution in [0.3, 0.4) is 0 Å². The highest BCUT2D eigenvalue weighted by Crippen LogP contribution is 2.51. The van der Waals surface area contributed by atoms with Gasteiger partial charge in [-0.1, -0.05) is 19.9 Å². The zero-order valence-corrected chi connectivity index (χ0v) is 28.5. The predicted molar refractivity (Wildman–Crippen MR) is 181 cm³/mol. The number of nitrogens with zero attached hydrogens (tertiary/aromatic N) is 5. The van der Waals surface area contributed by atoms with Crippen LogP contribution in [0.15, 0.2) is 46.0 Å². The quantitative estimate of drug-likeness (QED) is 0.182. The molecule has 1 N–H and O–H groups in total. The summed E-state index contributed by atoms with van der Waals surface area (Å²) in [5.74, 6) is 1.98. The number of thiophene rings is 1. The molecule has 2 atom stereocenters. The van der Waals surface area contributed by atoms with Crippen LogP contribution in [0.4, 0.5) is 5.82 Å². The summed E-state index contributed by atoms with van der Waals surface area (Å²) in [6, 6.07) is 8.28. The highest BCUT2D eigenvalue weighted by Gasteiger charge is 2.43. The molecule has 3 aliphatic rings. The largest absolute Gasteiger partial charge is 0.421 e. The van der Waals surface area contributed by atoms with Crippen LogP contribution >= 0.6 is 11.3 Å². The van der Waals surface area contributed by atoms with Gasteiger partial charge in [0.1, 0.15) is 5.82 Å². The molecule has 5 aromatic heterocycles. The molecule has 244 valence electrons. The van der Waals surface area contributed by atoms with Crippen molar-refractivity contribution in [2.45, 2.75) is 76.2 Å². The van der Waals surface area contributed by atoms with Crippen LogP contribution in [-0.4, -0.2) is 52.5 Å². The fourth-order valence-corrected chi connectivity index (χ4v) is 10.9. The van der Waals surface area contributed by atoms with E-state index in [0.29, 0.717) is 45.8 Å². The van der Waals surface area contributed by atoms with Gasteiger partial charge in [0.2, 0.25) is 11.8 Å². The van der Waals surface area contributed by atoms with Gasteiger partial charge in [-0.3, -0.25) is 9.97 Å². The van der Waals surface area contributed by atoms with E-state index in [4.69, 9.17) is 19.1 Å². The number of nitrogens with one attached hydrogen (secondary N) is 1. The first-order chi connectivity index (χ1) is 22.8. The highest BCUT2D eigenvalue weighted by atomic mass is 32.2. The van der Waals surface area contributed by atoms with Gasteiger partial charge >= 0.3 is 0 Å². The van der Waals surface area contributed by atoms with Crippen molar-refractivity contribution in [3.63, 3.8) is 0 Å². The Bertz CT molecular complexity index is 2080. The molecule has 1 fully saturated rings. The zero-order chi connectivity index (χ0) is 32.3. The van der Waals surface area contributed by atoms with E-state index in [1.807, 2.05) is 24.5 Å². The Morgan fingerprint density at radius 3 is 2.70 bits per heavy atom. The van der Waals surface area contributed by atoms with Crippen LogP contribution in [0.25, 0.3) is 32.0 Å². The molecule has 10 nitrogen and oxygen atoms in total. The number of ether oxygens (including phenoxy) is 1. The molecule has 1 saturated heterocycles. The molecule has 0 spiro atoms. The molecule has 0 radical (unpaired) electrons. The van der Waals surface area contributed by atoms with Gasteiger partial charge in [-0.15, -0.1) is 21.5 Å². The van der Waals surface area contributed by atoms with Crippen molar-refractivity contribution in [2.75, 3.05) is 24.3 Å². The molecule has 0 aromatic carbocycles. The second-order valence-corrected chi connectivity index (χ2v) is 16.4. The number of anilines is 1. The lowest BCUT2D eigenvalue weighted by molar-refractivity contribution is 0.0639. The molecule has 8 rings (SSSR count). The Kier molecular flexibility index (Phi) is 7.84. The molecular formula is C35H38N6O4S2. The van der Waals surface area contributed by atoms with Crippen molar-refractivity contribution in [2.24, 2.45) is 11.8 Å². The first kappa shape index (κ1) is 30.6. The third-order valence-corrected chi connectivity index (χ3v) is 13.0. The lowest BCUT2D eigenvalue weighted by Gasteiger charge is -2.23. The van der Waals surface area contributed by atoms with Gasteiger partial charge in [0, 0.05) is 54.6 Å². The summed E-state index contributed by atoms with van der Waals surface area (Å²) in [5.41, 5.74) is 5.07. The van der Waals surface area contributed by atoms with Crippen LogP contribution in [0.2, 0.25) is 0 Å². The Hall–Kier alpha value is -3.74. The Balaban J connectivity index is 1.31. The molecule has 0 amide bonds. The van der Waals surface area contributed by atoms with Crippen LogP contribution in [0.5, 0.6) is 0 Å². The number of sulfone groups is 1. The summed E-state index contributed by atoms with van der Waals surface area (Å²) in [6.45, 7) is 7.45. The number of pyridine rings is 3. The van der Waals surface area contributed by atoms with E-state index in [9.17, 15) is 8.42 Å². The van der Waals surface area contributed by atoms with E-state index < -0.39 is 9.84 Å². The first-order valence-electron chi connectivity index (χ1n) is 16.5. The normalized spacial score (nSPS) is 20.6. The monoisotopic (exact) mass is 670 g/mol. The van der Waals surface area contributed by atoms with Crippen molar-refractivity contribution in [3.8, 4) is 21.9 Å². The molecule has 0 saturated carbocycles. The minimum atomic E-state index is -3.65. The Labute approximate surface area is 278 Å². The molecular weight excluding hydrogens is 633 g/mol. The maximum atomic E-state index is 14.1. The second kappa shape index (κ2) is 12.1. The zero-order valence-electron chi connectivity index (χ0n) is 26.8. The van der Waals surface area contributed by atoms with E-state index in [0.717, 1.165) is 77.5 Å². The number of hydrogen-bond donors (Lipinski definition) is 1. The number of hydrogen-bond acceptors (Lipinski definition) is 11. The maximum absolute atomic E-state index is 14.1. The van der Waals surface area contributed by atoms with Crippen LogP contribution in [-0.2, 0) is 27.4 Å². The Morgan fingerprint density at radius 2 is 1.91 bits per heavy atom. The van der Waals surface area contributed by atoms with Gasteiger partial charge in [-0.05, 0) is 79.5 Å². The second-order valence-electron chi connectivity index (χ2n) is 13.3. The van der Waals surface area contributed by atoms with Crippen LogP contribution < -0.4 is 5.32 Å². The molecule has 47 heavy (non-hydrogen) atoms. The third-order valence-electron chi connectivity index (χ3n) is 9.95. The van der Waals surface area contributed by atoms with Gasteiger partial charge < -0.3 is 14.5 Å². The lowest BCUT2D eigenvalue weighted by Crippen LogP contribution is -2.17. The van der Waals surface area contributed by atoms with Gasteiger partial charge in [0.15, 0.2) is 9.84 Å². The molecule has 12 heteroatoms. The molecule has 0 unspecified atom stereocenters. The van der Waals surface area contributed by atoms with Gasteiger partial charge in [-0.25, -0.2) is 13.4 Å². The standard InChI is InChI=1S/C35H38N6O4S2/c1-19(2)24-18-47(42,43)33-30(29(35-41-40-20(3)45-35)27(38-31(24)33)7-6-21-11-15-44-16-12-21)28-17-22-10-14-37-34(32(22)46-28)39-26-9-8-25-23(26)5-4-13-36-25/h4-5,10,13-14,17,19,21,24,26H,6-9,11-12,15-16,18H2,1-3H3,(H,37,39)/t24-,26-/m0/s1. The topological polar surface area (TPSA) is 133 Å². The van der Waals surface area contributed by atoms with E-state index >= 15 is 0 Å². The average Bonchev–Trinajstić information content (AvgIpc) is 3.85. The smallest absolute Gasteiger partial charge is 0.250 e. The van der Waals surface area contributed by atoms with Gasteiger partial charge in [0.05, 0.1) is 38.3 Å². The third kappa shape index (κ3) is 5.53. The molecule has 0 bridgehead atoms. The van der Waals surface area contributed by atoms with E-state index in [1.54, 1.807) is 18.3 Å². The van der Waals surface area contributed by atoms with Crippen LogP contribution in [0, 0.1) is 18.8 Å². The molecule has 1 aliphatic carbocycles. The van der Waals surface area contributed by atoms with E-state index in [2.05, 4.69) is 46.5 Å². The number of rotatable bonds is 8. The van der Waals surface area contributed by atoms with Crippen molar-refractivity contribution in [1.29, 1.82) is 0 Å². The summed E-state index contributed by atoms with van der Waals surface area (Å²) in [5, 5.41) is 13.3. The number of fused-ring (bicyclic) bond motifs is 3. The molecule has 7 heterocycles. The van der Waals surface area contributed by atoms with Gasteiger partial charge in [-0.2, -0.15) is 0 Å². The summed E-state index contributed by atoms with van der Waals surface area (Å²) in [6.07, 6.45) is 9.14. The van der Waals surface area contributed by atoms with Crippen molar-refractivity contribution in [1.82, 2.24) is 25.1 Å². The lowest BCUT2D eigenvalue weighted by atomic mass is 9.89. The maximum Gasteiger partial charge on any atom is 0.250 e. The minimum Gasteiger partial charge on any atom is -0.421 e. The number of aromatic nitrogens is 5. The first-order valence-corrected chi connectivity index (χ1v) is 19.0. The SMILES string of the molecule is Cc1nnc(-c2c(CCC3CCOCC3)nc3c(c2-c2cc4ccnc(N[C@H]5CCc6ncccc65)c4s2)S(=O)(=O)C[C@H]3C(C)C)o1. The molecule has 5 aromatic rings. The summed E-state index contributed by atoms with van der Waals surface area (Å²) in [4.78, 5) is 15.7.